The Balaban J connectivity index is 4.83. The van der Waals surface area contributed by atoms with Crippen molar-refractivity contribution in [3.63, 3.8) is 0 Å². The maximum absolute atomic E-state index is 3.66. The van der Waals surface area contributed by atoms with E-state index in [0.717, 1.165) is 4.48 Å². The highest BCUT2D eigenvalue weighted by Gasteiger charge is 2.00. The summed E-state index contributed by atoms with van der Waals surface area (Å²) < 4.78 is 1.13. The predicted molar refractivity (Wildman–Crippen MR) is 60.4 cm³/mol. The first-order valence-corrected chi connectivity index (χ1v) is 4.74. The first-order chi connectivity index (χ1) is 5.67. The van der Waals surface area contributed by atoms with Gasteiger partial charge in [-0.3, -0.25) is 0 Å². The van der Waals surface area contributed by atoms with E-state index in [0.29, 0.717) is 0 Å². The predicted octanol–water partition coefficient (Wildman–Crippen LogP) is 4.36. The molecule has 12 heavy (non-hydrogen) atoms. The molecule has 0 bridgehead atoms. The highest BCUT2D eigenvalue weighted by atomic mass is 79.9. The molecule has 0 aromatic rings. The largest absolute Gasteiger partial charge is 0.0991 e. The van der Waals surface area contributed by atoms with E-state index in [1.807, 2.05) is 26.0 Å². The van der Waals surface area contributed by atoms with Gasteiger partial charge in [-0.1, -0.05) is 46.8 Å². The molecule has 1 heteroatoms. The van der Waals surface area contributed by atoms with Gasteiger partial charge in [0.25, 0.3) is 0 Å². The number of halogens is 1. The van der Waals surface area contributed by atoms with E-state index in [-0.39, 0.29) is 0 Å². The second kappa shape index (κ2) is 6.01. The SMILES string of the molecule is C=CC=C(C)C(=CC)C(Br)=CC. The van der Waals surface area contributed by atoms with Gasteiger partial charge in [0.05, 0.1) is 0 Å². The van der Waals surface area contributed by atoms with Gasteiger partial charge >= 0.3 is 0 Å². The van der Waals surface area contributed by atoms with Gasteiger partial charge in [0, 0.05) is 4.48 Å². The molecule has 0 aromatic heterocycles. The minimum atomic E-state index is 1.13. The van der Waals surface area contributed by atoms with Gasteiger partial charge in [0.15, 0.2) is 0 Å². The first kappa shape index (κ1) is 11.4. The van der Waals surface area contributed by atoms with Crippen LogP contribution in [0.1, 0.15) is 20.8 Å². The van der Waals surface area contributed by atoms with Crippen molar-refractivity contribution in [2.45, 2.75) is 20.8 Å². The van der Waals surface area contributed by atoms with E-state index in [1.54, 1.807) is 6.08 Å². The van der Waals surface area contributed by atoms with Crippen molar-refractivity contribution in [3.05, 3.63) is 46.5 Å². The molecule has 0 fully saturated rings. The van der Waals surface area contributed by atoms with Gasteiger partial charge in [0.2, 0.25) is 0 Å². The standard InChI is InChI=1S/C11H15Br/c1-5-8-9(4)10(6-2)11(12)7-3/h5-8H,1H2,2-4H3. The van der Waals surface area contributed by atoms with Crippen molar-refractivity contribution < 1.29 is 0 Å². The van der Waals surface area contributed by atoms with Crippen LogP contribution in [0.5, 0.6) is 0 Å². The molecular formula is C11H15Br. The minimum absolute atomic E-state index is 1.13. The Hall–Kier alpha value is -0.560. The average Bonchev–Trinajstić information content (AvgIpc) is 2.06. The molecule has 0 saturated carbocycles. The molecule has 0 aliphatic heterocycles. The third-order valence-electron chi connectivity index (χ3n) is 1.59. The molecule has 0 saturated heterocycles. The normalized spacial score (nSPS) is 14.8. The number of hydrogen-bond donors (Lipinski definition) is 0. The smallest absolute Gasteiger partial charge is 0.0204 e. The van der Waals surface area contributed by atoms with Crippen molar-refractivity contribution in [2.24, 2.45) is 0 Å². The van der Waals surface area contributed by atoms with Gasteiger partial charge in [-0.15, -0.1) is 0 Å². The van der Waals surface area contributed by atoms with E-state index in [4.69, 9.17) is 0 Å². The van der Waals surface area contributed by atoms with Crippen LogP contribution in [0.2, 0.25) is 0 Å². The summed E-state index contributed by atoms with van der Waals surface area (Å²) in [7, 11) is 0. The summed E-state index contributed by atoms with van der Waals surface area (Å²) in [5, 5.41) is 0. The van der Waals surface area contributed by atoms with Crippen molar-refractivity contribution in [3.8, 4) is 0 Å². The maximum Gasteiger partial charge on any atom is 0.0204 e. The number of allylic oxidation sites excluding steroid dienone is 7. The molecule has 0 amide bonds. The highest BCUT2D eigenvalue weighted by molar-refractivity contribution is 9.12. The molecule has 0 nitrogen and oxygen atoms in total. The summed E-state index contributed by atoms with van der Waals surface area (Å²) in [6.07, 6.45) is 7.92. The summed E-state index contributed by atoms with van der Waals surface area (Å²) in [6, 6.07) is 0. The third kappa shape index (κ3) is 3.22. The Kier molecular flexibility index (Phi) is 5.73. The van der Waals surface area contributed by atoms with Crippen LogP contribution in [-0.4, -0.2) is 0 Å². The molecule has 0 aliphatic carbocycles. The monoisotopic (exact) mass is 226 g/mol. The van der Waals surface area contributed by atoms with E-state index in [1.165, 1.54) is 11.1 Å². The van der Waals surface area contributed by atoms with E-state index in [9.17, 15) is 0 Å². The molecule has 66 valence electrons. The fourth-order valence-electron chi connectivity index (χ4n) is 0.976. The highest BCUT2D eigenvalue weighted by Crippen LogP contribution is 2.23. The molecule has 0 atom stereocenters. The van der Waals surface area contributed by atoms with Crippen LogP contribution >= 0.6 is 15.9 Å². The molecular weight excluding hydrogens is 212 g/mol. The van der Waals surface area contributed by atoms with Crippen molar-refractivity contribution in [1.82, 2.24) is 0 Å². The molecule has 0 heterocycles. The Morgan fingerprint density at radius 2 is 1.83 bits per heavy atom. The van der Waals surface area contributed by atoms with Crippen LogP contribution in [0.3, 0.4) is 0 Å². The van der Waals surface area contributed by atoms with Crippen LogP contribution in [0.15, 0.2) is 46.5 Å². The molecule has 0 aromatic carbocycles. The summed E-state index contributed by atoms with van der Waals surface area (Å²) in [4.78, 5) is 0. The summed E-state index contributed by atoms with van der Waals surface area (Å²) in [5.74, 6) is 0. The summed E-state index contributed by atoms with van der Waals surface area (Å²) in [5.41, 5.74) is 2.44. The van der Waals surface area contributed by atoms with Gasteiger partial charge in [0.1, 0.15) is 0 Å². The molecule has 0 unspecified atom stereocenters. The second-order valence-electron chi connectivity index (χ2n) is 2.42. The van der Waals surface area contributed by atoms with Crippen LogP contribution in [0, 0.1) is 0 Å². The molecule has 0 N–H and O–H groups in total. The Morgan fingerprint density at radius 1 is 1.25 bits per heavy atom. The zero-order chi connectivity index (χ0) is 9.56. The van der Waals surface area contributed by atoms with E-state index in [2.05, 4.69) is 35.5 Å². The van der Waals surface area contributed by atoms with Crippen molar-refractivity contribution >= 4 is 15.9 Å². The zero-order valence-electron chi connectivity index (χ0n) is 7.89. The fourth-order valence-corrected chi connectivity index (χ4v) is 1.52. The lowest BCUT2D eigenvalue weighted by atomic mass is 10.1. The lowest BCUT2D eigenvalue weighted by Gasteiger charge is -2.04. The minimum Gasteiger partial charge on any atom is -0.0991 e. The lowest BCUT2D eigenvalue weighted by Crippen LogP contribution is -1.84. The lowest BCUT2D eigenvalue weighted by molar-refractivity contribution is 1.39. The van der Waals surface area contributed by atoms with Crippen LogP contribution in [0.25, 0.3) is 0 Å². The topological polar surface area (TPSA) is 0 Å². The van der Waals surface area contributed by atoms with Crippen LogP contribution in [-0.2, 0) is 0 Å². The zero-order valence-corrected chi connectivity index (χ0v) is 9.48. The quantitative estimate of drug-likeness (QED) is 0.628. The van der Waals surface area contributed by atoms with Crippen LogP contribution in [0.4, 0.5) is 0 Å². The van der Waals surface area contributed by atoms with Crippen molar-refractivity contribution in [2.75, 3.05) is 0 Å². The summed E-state index contributed by atoms with van der Waals surface area (Å²) in [6.45, 7) is 9.77. The molecule has 0 rings (SSSR count). The van der Waals surface area contributed by atoms with Crippen molar-refractivity contribution in [1.29, 1.82) is 0 Å². The van der Waals surface area contributed by atoms with E-state index < -0.39 is 0 Å². The third-order valence-corrected chi connectivity index (χ3v) is 2.48. The maximum atomic E-state index is 3.66. The van der Waals surface area contributed by atoms with Gasteiger partial charge in [-0.25, -0.2) is 0 Å². The first-order valence-electron chi connectivity index (χ1n) is 3.95. The fraction of sp³-hybridized carbons (Fsp3) is 0.273. The van der Waals surface area contributed by atoms with E-state index >= 15 is 0 Å². The Labute approximate surface area is 83.5 Å². The number of rotatable bonds is 3. The molecule has 0 aliphatic rings. The van der Waals surface area contributed by atoms with Gasteiger partial charge in [-0.05, 0) is 31.9 Å². The molecule has 0 spiro atoms. The second-order valence-corrected chi connectivity index (χ2v) is 3.28. The summed E-state index contributed by atoms with van der Waals surface area (Å²) >= 11 is 3.49. The number of hydrogen-bond acceptors (Lipinski definition) is 0. The average molecular weight is 227 g/mol. The Bertz CT molecular complexity index is 242. The van der Waals surface area contributed by atoms with Gasteiger partial charge in [-0.2, -0.15) is 0 Å². The molecule has 0 radical (unpaired) electrons. The Morgan fingerprint density at radius 3 is 2.17 bits per heavy atom. The van der Waals surface area contributed by atoms with Gasteiger partial charge < -0.3 is 0 Å². The van der Waals surface area contributed by atoms with Crippen LogP contribution < -0.4 is 0 Å².